The van der Waals surface area contributed by atoms with Gasteiger partial charge in [0.05, 0.1) is 5.56 Å². The van der Waals surface area contributed by atoms with Crippen LogP contribution >= 0.6 is 11.3 Å². The van der Waals surface area contributed by atoms with Crippen LogP contribution in [-0.2, 0) is 0 Å². The van der Waals surface area contributed by atoms with E-state index in [-0.39, 0.29) is 5.63 Å². The summed E-state index contributed by atoms with van der Waals surface area (Å²) in [6.07, 6.45) is 0. The van der Waals surface area contributed by atoms with Crippen molar-refractivity contribution in [3.63, 3.8) is 0 Å². The Labute approximate surface area is 143 Å². The molecule has 3 aromatic rings. The van der Waals surface area contributed by atoms with Crippen molar-refractivity contribution in [1.82, 2.24) is 10.3 Å². The first-order valence-corrected chi connectivity index (χ1v) is 8.97. The standard InChI is InChI=1S/C18H19N3O2S/c1-11-9-21(6-5-19-11)14-4-3-13-7-15(17-20-12(2)10-24-17)18(22)23-16(13)8-14/h3-4,7-8,10-11,19H,5-6,9H2,1-2H3/t11-/m0/s1. The summed E-state index contributed by atoms with van der Waals surface area (Å²) in [4.78, 5) is 19.1. The number of hydrogen-bond acceptors (Lipinski definition) is 6. The van der Waals surface area contributed by atoms with Gasteiger partial charge in [0.15, 0.2) is 0 Å². The Balaban J connectivity index is 1.74. The summed E-state index contributed by atoms with van der Waals surface area (Å²) in [5.41, 5.74) is 2.84. The summed E-state index contributed by atoms with van der Waals surface area (Å²) in [5, 5.41) is 7.00. The van der Waals surface area contributed by atoms with Gasteiger partial charge in [0.1, 0.15) is 10.6 Å². The van der Waals surface area contributed by atoms with Crippen LogP contribution in [-0.4, -0.2) is 30.7 Å². The van der Waals surface area contributed by atoms with Crippen LogP contribution in [0.4, 0.5) is 5.69 Å². The SMILES string of the molecule is Cc1csc(-c2cc3ccc(N4CCN[C@@H](C)C4)cc3oc2=O)n1. The lowest BCUT2D eigenvalue weighted by atomic mass is 10.1. The van der Waals surface area contributed by atoms with Gasteiger partial charge in [0.25, 0.3) is 0 Å². The maximum atomic E-state index is 12.4. The fraction of sp³-hybridized carbons (Fsp3) is 0.333. The van der Waals surface area contributed by atoms with Crippen LogP contribution in [0.3, 0.4) is 0 Å². The first-order valence-electron chi connectivity index (χ1n) is 8.09. The van der Waals surface area contributed by atoms with Crippen molar-refractivity contribution in [3.8, 4) is 10.6 Å². The fourth-order valence-corrected chi connectivity index (χ4v) is 3.89. The van der Waals surface area contributed by atoms with E-state index in [1.165, 1.54) is 11.3 Å². The van der Waals surface area contributed by atoms with Crippen molar-refractivity contribution in [2.75, 3.05) is 24.5 Å². The van der Waals surface area contributed by atoms with E-state index >= 15 is 0 Å². The van der Waals surface area contributed by atoms with Gasteiger partial charge in [-0.05, 0) is 32.0 Å². The van der Waals surface area contributed by atoms with Crippen LogP contribution < -0.4 is 15.8 Å². The molecule has 5 nitrogen and oxygen atoms in total. The van der Waals surface area contributed by atoms with Crippen molar-refractivity contribution in [1.29, 1.82) is 0 Å². The first-order chi connectivity index (χ1) is 11.6. The van der Waals surface area contributed by atoms with E-state index in [0.717, 1.165) is 36.4 Å². The van der Waals surface area contributed by atoms with Crippen LogP contribution in [0.1, 0.15) is 12.6 Å². The number of aromatic nitrogens is 1. The minimum absolute atomic E-state index is 0.331. The smallest absolute Gasteiger partial charge is 0.346 e. The number of anilines is 1. The van der Waals surface area contributed by atoms with Crippen molar-refractivity contribution >= 4 is 28.0 Å². The van der Waals surface area contributed by atoms with Gasteiger partial charge in [-0.1, -0.05) is 0 Å². The van der Waals surface area contributed by atoms with E-state index in [4.69, 9.17) is 4.42 Å². The van der Waals surface area contributed by atoms with Gasteiger partial charge >= 0.3 is 5.63 Å². The Bertz CT molecular complexity index is 947. The third-order valence-corrected chi connectivity index (χ3v) is 5.30. The third kappa shape index (κ3) is 2.83. The lowest BCUT2D eigenvalue weighted by Crippen LogP contribution is -2.49. The molecule has 0 amide bonds. The Morgan fingerprint density at radius 2 is 2.25 bits per heavy atom. The number of thiazole rings is 1. The highest BCUT2D eigenvalue weighted by Gasteiger charge is 2.17. The summed E-state index contributed by atoms with van der Waals surface area (Å²) < 4.78 is 5.58. The predicted octanol–water partition coefficient (Wildman–Crippen LogP) is 3.02. The van der Waals surface area contributed by atoms with E-state index in [0.29, 0.717) is 22.2 Å². The molecule has 0 unspecified atom stereocenters. The van der Waals surface area contributed by atoms with E-state index in [9.17, 15) is 4.79 Å². The second-order valence-electron chi connectivity index (χ2n) is 6.26. The highest BCUT2D eigenvalue weighted by atomic mass is 32.1. The van der Waals surface area contributed by atoms with E-state index in [1.54, 1.807) is 0 Å². The second kappa shape index (κ2) is 6.03. The average molecular weight is 341 g/mol. The molecule has 3 heterocycles. The number of hydrogen-bond donors (Lipinski definition) is 1. The fourth-order valence-electron chi connectivity index (χ4n) is 3.09. The summed E-state index contributed by atoms with van der Waals surface area (Å²) in [7, 11) is 0. The molecule has 1 saturated heterocycles. The number of fused-ring (bicyclic) bond motifs is 1. The first kappa shape index (κ1) is 15.4. The summed E-state index contributed by atoms with van der Waals surface area (Å²) in [6, 6.07) is 8.41. The number of benzene rings is 1. The van der Waals surface area contributed by atoms with Gasteiger partial charge < -0.3 is 14.6 Å². The molecular weight excluding hydrogens is 322 g/mol. The molecule has 1 aromatic carbocycles. The molecule has 1 fully saturated rings. The predicted molar refractivity (Wildman–Crippen MR) is 98.0 cm³/mol. The molecule has 124 valence electrons. The van der Waals surface area contributed by atoms with Crippen LogP contribution in [0, 0.1) is 6.92 Å². The molecule has 1 N–H and O–H groups in total. The molecule has 4 rings (SSSR count). The van der Waals surface area contributed by atoms with E-state index in [1.807, 2.05) is 30.5 Å². The average Bonchev–Trinajstić information content (AvgIpc) is 3.00. The molecule has 24 heavy (non-hydrogen) atoms. The highest BCUT2D eigenvalue weighted by Crippen LogP contribution is 2.27. The minimum atomic E-state index is -0.331. The number of piperazine rings is 1. The maximum absolute atomic E-state index is 12.4. The van der Waals surface area contributed by atoms with Crippen molar-refractivity contribution in [3.05, 3.63) is 45.8 Å². The van der Waals surface area contributed by atoms with Crippen LogP contribution in [0.5, 0.6) is 0 Å². The normalized spacial score (nSPS) is 18.2. The summed E-state index contributed by atoms with van der Waals surface area (Å²) >= 11 is 1.47. The molecule has 0 spiro atoms. The van der Waals surface area contributed by atoms with Crippen LogP contribution in [0.25, 0.3) is 21.5 Å². The number of nitrogens with zero attached hydrogens (tertiary/aromatic N) is 2. The Morgan fingerprint density at radius 3 is 3.00 bits per heavy atom. The molecule has 0 saturated carbocycles. The molecule has 1 aliphatic rings. The van der Waals surface area contributed by atoms with Gasteiger partial charge in [-0.3, -0.25) is 0 Å². The van der Waals surface area contributed by atoms with Gasteiger partial charge in [0, 0.05) is 53.9 Å². The summed E-state index contributed by atoms with van der Waals surface area (Å²) in [6.45, 7) is 6.97. The Morgan fingerprint density at radius 1 is 1.38 bits per heavy atom. The Kier molecular flexibility index (Phi) is 3.86. The van der Waals surface area contributed by atoms with Crippen molar-refractivity contribution in [2.24, 2.45) is 0 Å². The lowest BCUT2D eigenvalue weighted by Gasteiger charge is -2.33. The van der Waals surface area contributed by atoms with Crippen LogP contribution in [0.15, 0.2) is 38.9 Å². The van der Waals surface area contributed by atoms with Gasteiger partial charge in [-0.25, -0.2) is 9.78 Å². The monoisotopic (exact) mass is 341 g/mol. The topological polar surface area (TPSA) is 58.4 Å². The Hall–Kier alpha value is -2.18. The lowest BCUT2D eigenvalue weighted by molar-refractivity contribution is 0.484. The number of rotatable bonds is 2. The second-order valence-corrected chi connectivity index (χ2v) is 7.12. The quantitative estimate of drug-likeness (QED) is 0.726. The van der Waals surface area contributed by atoms with E-state index < -0.39 is 0 Å². The zero-order valence-electron chi connectivity index (χ0n) is 13.7. The molecule has 6 heteroatoms. The molecule has 0 aliphatic carbocycles. The molecule has 2 aromatic heterocycles. The van der Waals surface area contributed by atoms with Gasteiger partial charge in [-0.2, -0.15) is 0 Å². The highest BCUT2D eigenvalue weighted by molar-refractivity contribution is 7.13. The zero-order chi connectivity index (χ0) is 16.7. The molecule has 0 bridgehead atoms. The summed E-state index contributed by atoms with van der Waals surface area (Å²) in [5.74, 6) is 0. The maximum Gasteiger partial charge on any atom is 0.346 e. The molecular formula is C18H19N3O2S. The number of nitrogens with one attached hydrogen (secondary N) is 1. The van der Waals surface area contributed by atoms with Gasteiger partial charge in [0.2, 0.25) is 0 Å². The van der Waals surface area contributed by atoms with Crippen molar-refractivity contribution < 1.29 is 4.42 Å². The molecule has 0 radical (unpaired) electrons. The van der Waals surface area contributed by atoms with Crippen LogP contribution in [0.2, 0.25) is 0 Å². The molecule has 1 aliphatic heterocycles. The largest absolute Gasteiger partial charge is 0.422 e. The van der Waals surface area contributed by atoms with E-state index in [2.05, 4.69) is 28.2 Å². The minimum Gasteiger partial charge on any atom is -0.422 e. The molecule has 1 atom stereocenters. The zero-order valence-corrected chi connectivity index (χ0v) is 14.5. The van der Waals surface area contributed by atoms with Crippen molar-refractivity contribution in [2.45, 2.75) is 19.9 Å². The van der Waals surface area contributed by atoms with Gasteiger partial charge in [-0.15, -0.1) is 11.3 Å². The number of aryl methyl sites for hydroxylation is 1. The third-order valence-electron chi connectivity index (χ3n) is 4.30.